The van der Waals surface area contributed by atoms with Crippen LogP contribution in [0.15, 0.2) is 85.1 Å². The highest BCUT2D eigenvalue weighted by atomic mass is 19.1. The Balaban J connectivity index is 1.42. The van der Waals surface area contributed by atoms with E-state index in [-0.39, 0.29) is 18.2 Å². The number of aromatic nitrogens is 2. The van der Waals surface area contributed by atoms with Gasteiger partial charge in [-0.1, -0.05) is 18.2 Å². The van der Waals surface area contributed by atoms with E-state index in [1.807, 2.05) is 36.5 Å². The molecule has 0 radical (unpaired) electrons. The quantitative estimate of drug-likeness (QED) is 0.411. The van der Waals surface area contributed by atoms with E-state index in [9.17, 15) is 13.9 Å². The van der Waals surface area contributed by atoms with Crippen LogP contribution in [0.3, 0.4) is 0 Å². The summed E-state index contributed by atoms with van der Waals surface area (Å²) in [5, 5.41) is 18.1. The Labute approximate surface area is 184 Å². The summed E-state index contributed by atoms with van der Waals surface area (Å²) in [7, 11) is 0. The summed E-state index contributed by atoms with van der Waals surface area (Å²) in [6, 6.07) is 21.6. The molecule has 0 amide bonds. The van der Waals surface area contributed by atoms with Crippen LogP contribution < -0.4 is 10.1 Å². The molecule has 1 unspecified atom stereocenters. The second kappa shape index (κ2) is 10.2. The van der Waals surface area contributed by atoms with Gasteiger partial charge in [0.1, 0.15) is 30.1 Å². The van der Waals surface area contributed by atoms with E-state index in [0.717, 1.165) is 22.5 Å². The molecule has 5 nitrogen and oxygen atoms in total. The van der Waals surface area contributed by atoms with E-state index in [1.165, 1.54) is 36.4 Å². The monoisotopic (exact) mass is 435 g/mol. The van der Waals surface area contributed by atoms with E-state index in [2.05, 4.69) is 5.32 Å². The van der Waals surface area contributed by atoms with Crippen molar-refractivity contribution in [2.45, 2.75) is 12.6 Å². The number of nitrogens with zero attached hydrogens (tertiary/aromatic N) is 2. The Kier molecular flexibility index (Phi) is 6.89. The number of hydrogen-bond donors (Lipinski definition) is 2. The Bertz CT molecular complexity index is 1130. The lowest BCUT2D eigenvalue weighted by Crippen LogP contribution is -2.31. The summed E-state index contributed by atoms with van der Waals surface area (Å²) in [5.41, 5.74) is 3.36. The molecule has 0 fully saturated rings. The summed E-state index contributed by atoms with van der Waals surface area (Å²) in [6.45, 7) is 0.820. The number of benzene rings is 3. The van der Waals surface area contributed by atoms with Gasteiger partial charge < -0.3 is 15.2 Å². The van der Waals surface area contributed by atoms with E-state index < -0.39 is 6.10 Å². The number of aliphatic hydroxyl groups excluding tert-OH is 1. The molecule has 164 valence electrons. The van der Waals surface area contributed by atoms with Crippen LogP contribution in [0.5, 0.6) is 5.75 Å². The average molecular weight is 435 g/mol. The van der Waals surface area contributed by atoms with Crippen molar-refractivity contribution in [3.63, 3.8) is 0 Å². The highest BCUT2D eigenvalue weighted by Gasteiger charge is 2.13. The Hall–Kier alpha value is -3.55. The first-order valence-electron chi connectivity index (χ1n) is 10.3. The maximum atomic E-state index is 13.4. The van der Waals surface area contributed by atoms with Crippen LogP contribution in [0.2, 0.25) is 0 Å². The Morgan fingerprint density at radius 3 is 2.25 bits per heavy atom. The first-order chi connectivity index (χ1) is 15.6. The average Bonchev–Trinajstić information content (AvgIpc) is 3.24. The van der Waals surface area contributed by atoms with Crippen molar-refractivity contribution in [2.24, 2.45) is 0 Å². The Morgan fingerprint density at radius 1 is 0.906 bits per heavy atom. The maximum Gasteiger partial charge on any atom is 0.123 e. The molecule has 1 heterocycles. The molecule has 0 aliphatic carbocycles. The molecule has 1 aromatic heterocycles. The largest absolute Gasteiger partial charge is 0.491 e. The van der Waals surface area contributed by atoms with Gasteiger partial charge in [-0.05, 0) is 60.7 Å². The molecule has 2 N–H and O–H groups in total. The summed E-state index contributed by atoms with van der Waals surface area (Å²) in [5.74, 6) is -0.152. The van der Waals surface area contributed by atoms with Crippen LogP contribution in [0, 0.1) is 11.6 Å². The van der Waals surface area contributed by atoms with Crippen LogP contribution in [-0.2, 0) is 6.54 Å². The molecule has 4 aromatic rings. The van der Waals surface area contributed by atoms with Crippen molar-refractivity contribution < 1.29 is 18.6 Å². The molecule has 0 saturated heterocycles. The molecular weight excluding hydrogens is 412 g/mol. The third-order valence-corrected chi connectivity index (χ3v) is 4.88. The van der Waals surface area contributed by atoms with Gasteiger partial charge in [0.15, 0.2) is 0 Å². The molecule has 1 atom stereocenters. The summed E-state index contributed by atoms with van der Waals surface area (Å²) >= 11 is 0. The van der Waals surface area contributed by atoms with Crippen molar-refractivity contribution in [1.82, 2.24) is 15.1 Å². The SMILES string of the molecule is OC(CNCc1cn(-c2ccccc2)nc1-c1ccc(F)cc1)COc1ccc(F)cc1. The number of ether oxygens (including phenoxy) is 1. The second-order valence-electron chi connectivity index (χ2n) is 7.34. The van der Waals surface area contributed by atoms with E-state index >= 15 is 0 Å². The standard InChI is InChI=1S/C25H23F2N3O2/c26-20-8-6-18(7-9-20)25-19(16-30(29-25)22-4-2-1-3-5-22)14-28-15-23(31)17-32-24-12-10-21(27)11-13-24/h1-13,16,23,28,31H,14-15,17H2. The minimum atomic E-state index is -0.751. The van der Waals surface area contributed by atoms with Crippen LogP contribution in [0.1, 0.15) is 5.56 Å². The number of rotatable bonds is 9. The van der Waals surface area contributed by atoms with Gasteiger partial charge in [0.25, 0.3) is 0 Å². The molecule has 0 spiro atoms. The van der Waals surface area contributed by atoms with Gasteiger partial charge in [-0.2, -0.15) is 5.10 Å². The molecular formula is C25H23F2N3O2. The number of aliphatic hydroxyl groups is 1. The van der Waals surface area contributed by atoms with Gasteiger partial charge in [0.2, 0.25) is 0 Å². The smallest absolute Gasteiger partial charge is 0.123 e. The topological polar surface area (TPSA) is 59.3 Å². The molecule has 7 heteroatoms. The number of para-hydroxylation sites is 1. The lowest BCUT2D eigenvalue weighted by Gasteiger charge is -2.13. The zero-order valence-electron chi connectivity index (χ0n) is 17.3. The first-order valence-corrected chi connectivity index (χ1v) is 10.3. The fraction of sp³-hybridized carbons (Fsp3) is 0.160. The molecule has 0 aliphatic heterocycles. The number of halogens is 2. The summed E-state index contributed by atoms with van der Waals surface area (Å²) < 4.78 is 33.6. The summed E-state index contributed by atoms with van der Waals surface area (Å²) in [6.07, 6.45) is 1.17. The zero-order valence-corrected chi connectivity index (χ0v) is 17.3. The molecule has 32 heavy (non-hydrogen) atoms. The Morgan fingerprint density at radius 2 is 1.56 bits per heavy atom. The van der Waals surface area contributed by atoms with Crippen molar-refractivity contribution in [2.75, 3.05) is 13.2 Å². The fourth-order valence-corrected chi connectivity index (χ4v) is 3.26. The van der Waals surface area contributed by atoms with Crippen LogP contribution in [0.25, 0.3) is 16.9 Å². The van der Waals surface area contributed by atoms with Crippen LogP contribution in [0.4, 0.5) is 8.78 Å². The summed E-state index contributed by atoms with van der Waals surface area (Å²) in [4.78, 5) is 0. The highest BCUT2D eigenvalue weighted by molar-refractivity contribution is 5.63. The predicted octanol–water partition coefficient (Wildman–Crippen LogP) is 4.35. The minimum absolute atomic E-state index is 0.0761. The van der Waals surface area contributed by atoms with Crippen molar-refractivity contribution in [3.8, 4) is 22.7 Å². The van der Waals surface area contributed by atoms with Gasteiger partial charge >= 0.3 is 0 Å². The second-order valence-corrected chi connectivity index (χ2v) is 7.34. The first kappa shape index (κ1) is 21.7. The van der Waals surface area contributed by atoms with Gasteiger partial charge in [-0.3, -0.25) is 0 Å². The number of nitrogens with one attached hydrogen (secondary N) is 1. The number of hydrogen-bond acceptors (Lipinski definition) is 4. The third kappa shape index (κ3) is 5.57. The van der Waals surface area contributed by atoms with Gasteiger partial charge in [-0.25, -0.2) is 13.5 Å². The van der Waals surface area contributed by atoms with Gasteiger partial charge in [0.05, 0.1) is 11.4 Å². The molecule has 3 aromatic carbocycles. The fourth-order valence-electron chi connectivity index (χ4n) is 3.26. The van der Waals surface area contributed by atoms with E-state index in [4.69, 9.17) is 9.84 Å². The van der Waals surface area contributed by atoms with Crippen molar-refractivity contribution in [3.05, 3.63) is 102 Å². The lowest BCUT2D eigenvalue weighted by atomic mass is 10.1. The van der Waals surface area contributed by atoms with Crippen molar-refractivity contribution >= 4 is 0 Å². The molecule has 0 bridgehead atoms. The van der Waals surface area contributed by atoms with Gasteiger partial charge in [0, 0.05) is 30.4 Å². The molecule has 4 rings (SSSR count). The minimum Gasteiger partial charge on any atom is -0.491 e. The molecule has 0 saturated carbocycles. The lowest BCUT2D eigenvalue weighted by molar-refractivity contribution is 0.106. The predicted molar refractivity (Wildman–Crippen MR) is 119 cm³/mol. The third-order valence-electron chi connectivity index (χ3n) is 4.88. The van der Waals surface area contributed by atoms with Gasteiger partial charge in [-0.15, -0.1) is 0 Å². The highest BCUT2D eigenvalue weighted by Crippen LogP contribution is 2.24. The maximum absolute atomic E-state index is 13.4. The van der Waals surface area contributed by atoms with Crippen molar-refractivity contribution in [1.29, 1.82) is 0 Å². The molecule has 0 aliphatic rings. The van der Waals surface area contributed by atoms with E-state index in [1.54, 1.807) is 16.8 Å². The van der Waals surface area contributed by atoms with E-state index in [0.29, 0.717) is 18.8 Å². The van der Waals surface area contributed by atoms with Crippen LogP contribution >= 0.6 is 0 Å². The zero-order chi connectivity index (χ0) is 22.3. The normalized spacial score (nSPS) is 12.0. The van der Waals surface area contributed by atoms with Crippen LogP contribution in [-0.4, -0.2) is 34.1 Å².